The van der Waals surface area contributed by atoms with Gasteiger partial charge in [0.25, 0.3) is 0 Å². The lowest BCUT2D eigenvalue weighted by atomic mass is 10.2. The second kappa shape index (κ2) is 4.56. The summed E-state index contributed by atoms with van der Waals surface area (Å²) in [5.74, 6) is -2.41. The first-order valence-electron chi connectivity index (χ1n) is 4.30. The first-order valence-corrected chi connectivity index (χ1v) is 4.30. The SMILES string of the molecule is Cc1c(N=C(N)N=C(N)N)ccc(F)c1F. The lowest BCUT2D eigenvalue weighted by Crippen LogP contribution is -2.26. The highest BCUT2D eigenvalue weighted by molar-refractivity contribution is 5.93. The van der Waals surface area contributed by atoms with E-state index in [1.54, 1.807) is 0 Å². The van der Waals surface area contributed by atoms with Crippen LogP contribution in [0.3, 0.4) is 0 Å². The molecule has 0 heterocycles. The third kappa shape index (κ3) is 2.66. The number of benzene rings is 1. The normalized spacial score (nSPS) is 11.3. The van der Waals surface area contributed by atoms with Gasteiger partial charge in [-0.3, -0.25) is 0 Å². The van der Waals surface area contributed by atoms with E-state index in [4.69, 9.17) is 17.2 Å². The fourth-order valence-electron chi connectivity index (χ4n) is 1.04. The monoisotopic (exact) mass is 227 g/mol. The quantitative estimate of drug-likeness (QED) is 0.480. The molecule has 5 nitrogen and oxygen atoms in total. The Morgan fingerprint density at radius 2 is 1.81 bits per heavy atom. The summed E-state index contributed by atoms with van der Waals surface area (Å²) in [6.45, 7) is 1.38. The zero-order chi connectivity index (χ0) is 12.3. The molecule has 1 rings (SSSR count). The molecule has 0 saturated heterocycles. The molecule has 0 radical (unpaired) electrons. The maximum absolute atomic E-state index is 13.1. The third-order valence-corrected chi connectivity index (χ3v) is 1.79. The van der Waals surface area contributed by atoms with Crippen molar-refractivity contribution < 1.29 is 8.78 Å². The Bertz CT molecular complexity index is 463. The zero-order valence-electron chi connectivity index (χ0n) is 8.54. The molecular weight excluding hydrogens is 216 g/mol. The molecule has 0 fully saturated rings. The topological polar surface area (TPSA) is 103 Å². The highest BCUT2D eigenvalue weighted by atomic mass is 19.2. The van der Waals surface area contributed by atoms with Crippen LogP contribution in [-0.4, -0.2) is 11.9 Å². The van der Waals surface area contributed by atoms with Crippen molar-refractivity contribution in [3.8, 4) is 0 Å². The van der Waals surface area contributed by atoms with E-state index in [2.05, 4.69) is 9.98 Å². The molecule has 0 spiro atoms. The summed E-state index contributed by atoms with van der Waals surface area (Å²) in [5.41, 5.74) is 15.7. The molecule has 0 saturated carbocycles. The number of guanidine groups is 2. The van der Waals surface area contributed by atoms with E-state index < -0.39 is 11.6 Å². The van der Waals surface area contributed by atoms with Crippen molar-refractivity contribution in [2.75, 3.05) is 0 Å². The summed E-state index contributed by atoms with van der Waals surface area (Å²) < 4.78 is 25.9. The second-order valence-corrected chi connectivity index (χ2v) is 3.01. The van der Waals surface area contributed by atoms with E-state index in [9.17, 15) is 8.78 Å². The summed E-state index contributed by atoms with van der Waals surface area (Å²) in [6, 6.07) is 2.23. The first-order chi connectivity index (χ1) is 7.41. The van der Waals surface area contributed by atoms with E-state index in [0.29, 0.717) is 0 Å². The Kier molecular flexibility index (Phi) is 3.39. The number of nitrogens with zero attached hydrogens (tertiary/aromatic N) is 2. The average molecular weight is 227 g/mol. The summed E-state index contributed by atoms with van der Waals surface area (Å²) >= 11 is 0. The van der Waals surface area contributed by atoms with E-state index in [1.807, 2.05) is 0 Å². The molecule has 0 aliphatic rings. The Morgan fingerprint density at radius 1 is 1.19 bits per heavy atom. The molecular formula is C9H11F2N5. The average Bonchev–Trinajstić information content (AvgIpc) is 2.18. The largest absolute Gasteiger partial charge is 0.370 e. The molecule has 0 atom stereocenters. The van der Waals surface area contributed by atoms with Crippen LogP contribution in [0.4, 0.5) is 14.5 Å². The van der Waals surface area contributed by atoms with Gasteiger partial charge < -0.3 is 17.2 Å². The van der Waals surface area contributed by atoms with Crippen LogP contribution >= 0.6 is 0 Å². The molecule has 0 aliphatic heterocycles. The van der Waals surface area contributed by atoms with Gasteiger partial charge in [0, 0.05) is 5.56 Å². The minimum Gasteiger partial charge on any atom is -0.370 e. The van der Waals surface area contributed by atoms with E-state index in [1.165, 1.54) is 13.0 Å². The van der Waals surface area contributed by atoms with Gasteiger partial charge in [-0.25, -0.2) is 13.8 Å². The van der Waals surface area contributed by atoms with Crippen LogP contribution in [0, 0.1) is 18.6 Å². The number of hydrogen-bond donors (Lipinski definition) is 3. The van der Waals surface area contributed by atoms with Crippen molar-refractivity contribution >= 4 is 17.6 Å². The van der Waals surface area contributed by atoms with Gasteiger partial charge in [-0.2, -0.15) is 4.99 Å². The molecule has 0 aliphatic carbocycles. The minimum absolute atomic E-state index is 0.0359. The van der Waals surface area contributed by atoms with Gasteiger partial charge in [0.2, 0.25) is 5.96 Å². The minimum atomic E-state index is -0.973. The number of aliphatic imine (C=N–C) groups is 2. The predicted molar refractivity (Wildman–Crippen MR) is 58.2 cm³/mol. The second-order valence-electron chi connectivity index (χ2n) is 3.01. The summed E-state index contributed by atoms with van der Waals surface area (Å²) in [4.78, 5) is 7.19. The van der Waals surface area contributed by atoms with Crippen molar-refractivity contribution in [1.82, 2.24) is 0 Å². The van der Waals surface area contributed by atoms with Crippen molar-refractivity contribution in [1.29, 1.82) is 0 Å². The predicted octanol–water partition coefficient (Wildman–Crippen LogP) is 0.493. The molecule has 0 amide bonds. The fourth-order valence-corrected chi connectivity index (χ4v) is 1.04. The summed E-state index contributed by atoms with van der Waals surface area (Å²) in [6.07, 6.45) is 0. The fraction of sp³-hybridized carbons (Fsp3) is 0.111. The van der Waals surface area contributed by atoms with E-state index in [-0.39, 0.29) is 23.2 Å². The first kappa shape index (κ1) is 11.9. The summed E-state index contributed by atoms with van der Waals surface area (Å²) in [5, 5.41) is 0. The van der Waals surface area contributed by atoms with Crippen LogP contribution in [0.5, 0.6) is 0 Å². The van der Waals surface area contributed by atoms with Crippen molar-refractivity contribution in [2.45, 2.75) is 6.92 Å². The van der Waals surface area contributed by atoms with Crippen LogP contribution < -0.4 is 17.2 Å². The van der Waals surface area contributed by atoms with Crippen LogP contribution in [0.2, 0.25) is 0 Å². The highest BCUT2D eigenvalue weighted by Crippen LogP contribution is 2.22. The molecule has 1 aromatic rings. The zero-order valence-corrected chi connectivity index (χ0v) is 8.54. The Hall–Kier alpha value is -2.18. The van der Waals surface area contributed by atoms with Crippen molar-refractivity contribution in [2.24, 2.45) is 27.2 Å². The van der Waals surface area contributed by atoms with Crippen LogP contribution in [0.1, 0.15) is 5.56 Å². The standard InChI is InChI=1S/C9H11F2N5/c1-4-6(3-2-5(10)7(4)11)15-9(14)16-8(12)13/h2-3H,1H3,(H6,12,13,14,15,16). The van der Waals surface area contributed by atoms with E-state index >= 15 is 0 Å². The van der Waals surface area contributed by atoms with Crippen LogP contribution in [0.25, 0.3) is 0 Å². The van der Waals surface area contributed by atoms with Gasteiger partial charge in [0.15, 0.2) is 17.6 Å². The molecule has 6 N–H and O–H groups in total. The summed E-state index contributed by atoms with van der Waals surface area (Å²) in [7, 11) is 0. The van der Waals surface area contributed by atoms with Gasteiger partial charge in [-0.15, -0.1) is 0 Å². The molecule has 0 aromatic heterocycles. The molecule has 16 heavy (non-hydrogen) atoms. The maximum atomic E-state index is 13.1. The Balaban J connectivity index is 3.17. The Morgan fingerprint density at radius 3 is 2.38 bits per heavy atom. The van der Waals surface area contributed by atoms with Crippen LogP contribution in [-0.2, 0) is 0 Å². The van der Waals surface area contributed by atoms with Gasteiger partial charge in [-0.05, 0) is 19.1 Å². The van der Waals surface area contributed by atoms with Crippen LogP contribution in [0.15, 0.2) is 22.1 Å². The maximum Gasteiger partial charge on any atom is 0.223 e. The van der Waals surface area contributed by atoms with Gasteiger partial charge in [0.05, 0.1) is 5.69 Å². The van der Waals surface area contributed by atoms with Crippen molar-refractivity contribution in [3.63, 3.8) is 0 Å². The van der Waals surface area contributed by atoms with Crippen molar-refractivity contribution in [3.05, 3.63) is 29.3 Å². The van der Waals surface area contributed by atoms with Gasteiger partial charge in [0.1, 0.15) is 0 Å². The Labute approximate surface area is 90.7 Å². The lowest BCUT2D eigenvalue weighted by Gasteiger charge is -2.02. The number of halogens is 2. The lowest BCUT2D eigenvalue weighted by molar-refractivity contribution is 0.503. The molecule has 86 valence electrons. The molecule has 7 heteroatoms. The van der Waals surface area contributed by atoms with Gasteiger partial charge in [-0.1, -0.05) is 0 Å². The van der Waals surface area contributed by atoms with E-state index in [0.717, 1.165) is 6.07 Å². The molecule has 1 aromatic carbocycles. The number of rotatable bonds is 1. The third-order valence-electron chi connectivity index (χ3n) is 1.79. The molecule has 0 unspecified atom stereocenters. The number of nitrogens with two attached hydrogens (primary N) is 3. The number of hydrogen-bond acceptors (Lipinski definition) is 1. The molecule has 0 bridgehead atoms. The van der Waals surface area contributed by atoms with Gasteiger partial charge >= 0.3 is 0 Å². The smallest absolute Gasteiger partial charge is 0.223 e. The highest BCUT2D eigenvalue weighted by Gasteiger charge is 2.08.